The fraction of sp³-hybridized carbons (Fsp3) is 0.800. The lowest BCUT2D eigenvalue weighted by atomic mass is 10.5. The molecular formula is C15H34N2O4. The Labute approximate surface area is 130 Å². The topological polar surface area (TPSA) is 68.8 Å². The van der Waals surface area contributed by atoms with E-state index in [0.717, 1.165) is 0 Å². The fourth-order valence-electron chi connectivity index (χ4n) is 1.07. The van der Waals surface area contributed by atoms with E-state index in [9.17, 15) is 4.79 Å². The summed E-state index contributed by atoms with van der Waals surface area (Å²) in [5.74, 6) is -0.0240. The van der Waals surface area contributed by atoms with Crippen LogP contribution in [0.1, 0.15) is 20.8 Å². The lowest BCUT2D eigenvalue weighted by Crippen LogP contribution is -2.34. The molecule has 2 N–H and O–H groups in total. The lowest BCUT2D eigenvalue weighted by molar-refractivity contribution is -0.120. The molecule has 21 heavy (non-hydrogen) atoms. The normalized spacial score (nSPS) is 8.95. The van der Waals surface area contributed by atoms with Gasteiger partial charge < -0.3 is 24.8 Å². The second kappa shape index (κ2) is 27.4. The van der Waals surface area contributed by atoms with Gasteiger partial charge in [0.25, 0.3) is 0 Å². The Kier molecular flexibility index (Phi) is 32.7. The zero-order chi connectivity index (χ0) is 16.8. The molecular weight excluding hydrogens is 272 g/mol. The number of carbonyl (C=O) groups is 1. The number of hydrogen-bond donors (Lipinski definition) is 2. The van der Waals surface area contributed by atoms with E-state index in [4.69, 9.17) is 14.2 Å². The Morgan fingerprint density at radius 1 is 0.952 bits per heavy atom. The highest BCUT2D eigenvalue weighted by Crippen LogP contribution is 1.80. The number of rotatable bonds is 12. The molecule has 0 aliphatic rings. The van der Waals surface area contributed by atoms with Gasteiger partial charge in [-0.1, -0.05) is 13.8 Å². The molecule has 128 valence electrons. The predicted octanol–water partition coefficient (Wildman–Crippen LogP) is 1.22. The van der Waals surface area contributed by atoms with Crippen molar-refractivity contribution in [2.24, 2.45) is 0 Å². The maximum Gasteiger partial charge on any atom is 0.234 e. The molecule has 6 heteroatoms. The van der Waals surface area contributed by atoms with Crippen molar-refractivity contribution in [1.82, 2.24) is 10.6 Å². The predicted molar refractivity (Wildman–Crippen MR) is 87.7 cm³/mol. The number of carbonyl (C=O) groups excluding carboxylic acids is 1. The van der Waals surface area contributed by atoms with Gasteiger partial charge in [0.2, 0.25) is 5.91 Å². The number of ether oxygens (including phenoxy) is 3. The summed E-state index contributed by atoms with van der Waals surface area (Å²) in [6.07, 6.45) is 0. The second-order valence-corrected chi connectivity index (χ2v) is 3.30. The van der Waals surface area contributed by atoms with Crippen LogP contribution in [0.5, 0.6) is 0 Å². The summed E-state index contributed by atoms with van der Waals surface area (Å²) in [5, 5.41) is 5.48. The van der Waals surface area contributed by atoms with Crippen molar-refractivity contribution >= 4 is 5.91 Å². The van der Waals surface area contributed by atoms with Gasteiger partial charge in [0, 0.05) is 13.2 Å². The molecule has 1 amide bonds. The van der Waals surface area contributed by atoms with E-state index in [2.05, 4.69) is 23.8 Å². The van der Waals surface area contributed by atoms with Crippen LogP contribution >= 0.6 is 0 Å². The van der Waals surface area contributed by atoms with E-state index in [1.54, 1.807) is 7.05 Å². The summed E-state index contributed by atoms with van der Waals surface area (Å²) in [5.41, 5.74) is 0. The average Bonchev–Trinajstić information content (AvgIpc) is 2.53. The molecule has 0 aromatic heterocycles. The number of likely N-dealkylation sites (N-methyl/N-ethyl adjacent to an activating group) is 1. The molecule has 0 aliphatic carbocycles. The highest BCUT2D eigenvalue weighted by atomic mass is 16.5. The average molecular weight is 306 g/mol. The smallest absolute Gasteiger partial charge is 0.234 e. The summed E-state index contributed by atoms with van der Waals surface area (Å²) in [6, 6.07) is 0. The summed E-state index contributed by atoms with van der Waals surface area (Å²) in [7, 11) is 1.73. The van der Waals surface area contributed by atoms with Crippen LogP contribution in [0, 0.1) is 0 Å². The molecule has 0 heterocycles. The maximum atomic E-state index is 11.0. The molecule has 0 radical (unpaired) electrons. The van der Waals surface area contributed by atoms with Gasteiger partial charge in [0.05, 0.1) is 39.6 Å². The van der Waals surface area contributed by atoms with Crippen molar-refractivity contribution in [3.05, 3.63) is 13.2 Å². The third kappa shape index (κ3) is 28.1. The fourth-order valence-corrected chi connectivity index (χ4v) is 1.07. The summed E-state index contributed by atoms with van der Waals surface area (Å²) in [4.78, 5) is 11.0. The molecule has 0 aromatic rings. The van der Waals surface area contributed by atoms with E-state index >= 15 is 0 Å². The van der Waals surface area contributed by atoms with Gasteiger partial charge in [-0.2, -0.15) is 0 Å². The van der Waals surface area contributed by atoms with Gasteiger partial charge in [-0.05, 0) is 14.0 Å². The Balaban J connectivity index is -0.000000739. The molecule has 0 saturated carbocycles. The van der Waals surface area contributed by atoms with Gasteiger partial charge in [0.15, 0.2) is 0 Å². The molecule has 0 rings (SSSR count). The van der Waals surface area contributed by atoms with Crippen LogP contribution in [0.2, 0.25) is 0 Å². The third-order valence-electron chi connectivity index (χ3n) is 1.85. The van der Waals surface area contributed by atoms with Crippen LogP contribution < -0.4 is 10.6 Å². The molecule has 0 aliphatic heterocycles. The third-order valence-corrected chi connectivity index (χ3v) is 1.85. The van der Waals surface area contributed by atoms with Crippen LogP contribution in [-0.4, -0.2) is 65.7 Å². The van der Waals surface area contributed by atoms with Crippen molar-refractivity contribution in [2.75, 3.05) is 59.8 Å². The molecule has 0 spiro atoms. The van der Waals surface area contributed by atoms with Gasteiger partial charge >= 0.3 is 0 Å². The first-order valence-corrected chi connectivity index (χ1v) is 7.45. The van der Waals surface area contributed by atoms with Crippen LogP contribution in [0.3, 0.4) is 0 Å². The van der Waals surface area contributed by atoms with E-state index in [1.807, 2.05) is 20.8 Å². The monoisotopic (exact) mass is 306 g/mol. The van der Waals surface area contributed by atoms with Gasteiger partial charge in [-0.3, -0.25) is 4.79 Å². The van der Waals surface area contributed by atoms with Crippen molar-refractivity contribution in [3.8, 4) is 0 Å². The summed E-state index contributed by atoms with van der Waals surface area (Å²) in [6.45, 7) is 16.3. The van der Waals surface area contributed by atoms with Crippen molar-refractivity contribution in [3.63, 3.8) is 0 Å². The second-order valence-electron chi connectivity index (χ2n) is 3.30. The molecule has 0 unspecified atom stereocenters. The highest BCUT2D eigenvalue weighted by molar-refractivity contribution is 5.77. The quantitative estimate of drug-likeness (QED) is 0.419. The standard InChI is InChI=1S/C11H24N2O4.C2H6.C2H4/c1-3-15-6-7-17-9-8-16-5-4-13-11(14)10-12-2;2*1-2/h12H,3-10H2,1-2H3,(H,13,14);1-2H3;1-2H2. The van der Waals surface area contributed by atoms with E-state index in [1.165, 1.54) is 0 Å². The van der Waals surface area contributed by atoms with E-state index in [-0.39, 0.29) is 5.91 Å². The van der Waals surface area contributed by atoms with Crippen LogP contribution in [0.25, 0.3) is 0 Å². The minimum atomic E-state index is -0.0240. The van der Waals surface area contributed by atoms with E-state index < -0.39 is 0 Å². The summed E-state index contributed by atoms with van der Waals surface area (Å²) >= 11 is 0. The van der Waals surface area contributed by atoms with Crippen molar-refractivity contribution in [2.45, 2.75) is 20.8 Å². The molecule has 0 aromatic carbocycles. The number of amides is 1. The Hall–Kier alpha value is -0.950. The molecule has 0 bridgehead atoms. The Morgan fingerprint density at radius 2 is 1.43 bits per heavy atom. The zero-order valence-corrected chi connectivity index (χ0v) is 14.2. The van der Waals surface area contributed by atoms with Crippen LogP contribution in [-0.2, 0) is 19.0 Å². The van der Waals surface area contributed by atoms with Crippen molar-refractivity contribution < 1.29 is 19.0 Å². The van der Waals surface area contributed by atoms with Gasteiger partial charge in [0.1, 0.15) is 0 Å². The van der Waals surface area contributed by atoms with Crippen molar-refractivity contribution in [1.29, 1.82) is 0 Å². The highest BCUT2D eigenvalue weighted by Gasteiger charge is 1.96. The number of hydrogen-bond acceptors (Lipinski definition) is 5. The largest absolute Gasteiger partial charge is 0.379 e. The van der Waals surface area contributed by atoms with E-state index in [0.29, 0.717) is 52.7 Å². The minimum absolute atomic E-state index is 0.0240. The SMILES string of the molecule is C=C.CC.CCOCCOCCOCCNC(=O)CNC. The Morgan fingerprint density at radius 3 is 1.90 bits per heavy atom. The Bertz CT molecular complexity index is 193. The first-order chi connectivity index (χ1) is 10.3. The minimum Gasteiger partial charge on any atom is -0.379 e. The molecule has 0 saturated heterocycles. The number of nitrogens with one attached hydrogen (secondary N) is 2. The van der Waals surface area contributed by atoms with Gasteiger partial charge in [-0.25, -0.2) is 0 Å². The first-order valence-electron chi connectivity index (χ1n) is 7.45. The first kappa shape index (κ1) is 25.0. The lowest BCUT2D eigenvalue weighted by Gasteiger charge is -2.07. The van der Waals surface area contributed by atoms with Crippen LogP contribution in [0.15, 0.2) is 13.2 Å². The molecule has 6 nitrogen and oxygen atoms in total. The molecule has 0 fully saturated rings. The van der Waals surface area contributed by atoms with Gasteiger partial charge in [-0.15, -0.1) is 13.2 Å². The maximum absolute atomic E-state index is 11.0. The summed E-state index contributed by atoms with van der Waals surface area (Å²) < 4.78 is 15.6. The molecule has 0 atom stereocenters. The zero-order valence-electron chi connectivity index (χ0n) is 14.2. The van der Waals surface area contributed by atoms with Crippen LogP contribution in [0.4, 0.5) is 0 Å².